The zero-order valence-corrected chi connectivity index (χ0v) is 18.2. The number of amides is 1. The van der Waals surface area contributed by atoms with Crippen molar-refractivity contribution >= 4 is 5.91 Å². The van der Waals surface area contributed by atoms with E-state index in [0.29, 0.717) is 12.1 Å². The van der Waals surface area contributed by atoms with E-state index < -0.39 is 0 Å². The summed E-state index contributed by atoms with van der Waals surface area (Å²) in [6, 6.07) is 23.0. The van der Waals surface area contributed by atoms with E-state index in [9.17, 15) is 9.90 Å². The molecule has 0 spiro atoms. The molecule has 3 heterocycles. The summed E-state index contributed by atoms with van der Waals surface area (Å²) in [4.78, 5) is 21.6. The van der Waals surface area contributed by atoms with E-state index in [1.807, 2.05) is 11.0 Å². The van der Waals surface area contributed by atoms with Gasteiger partial charge in [0, 0.05) is 49.0 Å². The molecule has 5 heteroatoms. The van der Waals surface area contributed by atoms with Gasteiger partial charge in [-0.05, 0) is 48.2 Å². The molecule has 0 bridgehead atoms. The fourth-order valence-corrected chi connectivity index (χ4v) is 5.33. The monoisotopic (exact) mass is 427 g/mol. The second-order valence-electron chi connectivity index (χ2n) is 8.76. The van der Waals surface area contributed by atoms with Crippen molar-refractivity contribution in [2.45, 2.75) is 30.8 Å². The van der Waals surface area contributed by atoms with Gasteiger partial charge in [0.15, 0.2) is 0 Å². The molecular weight excluding hydrogens is 398 g/mol. The minimum Gasteiger partial charge on any atom is -0.395 e. The van der Waals surface area contributed by atoms with Gasteiger partial charge in [0.1, 0.15) is 0 Å². The van der Waals surface area contributed by atoms with Crippen LogP contribution in [0.3, 0.4) is 0 Å². The van der Waals surface area contributed by atoms with Crippen molar-refractivity contribution < 1.29 is 9.90 Å². The largest absolute Gasteiger partial charge is 0.395 e. The molecule has 3 aromatic rings. The molecule has 2 aromatic carbocycles. The first kappa shape index (κ1) is 20.9. The maximum Gasteiger partial charge on any atom is 0.254 e. The number of aromatic nitrogens is 1. The molecule has 5 nitrogen and oxygen atoms in total. The minimum absolute atomic E-state index is 0.0693. The lowest BCUT2D eigenvalue weighted by Crippen LogP contribution is -2.67. The number of carbonyl (C=O) groups is 1. The van der Waals surface area contributed by atoms with Gasteiger partial charge >= 0.3 is 0 Å². The Kier molecular flexibility index (Phi) is 6.02. The number of rotatable bonds is 4. The van der Waals surface area contributed by atoms with Crippen molar-refractivity contribution in [2.75, 3.05) is 26.2 Å². The quantitative estimate of drug-likeness (QED) is 0.688. The summed E-state index contributed by atoms with van der Waals surface area (Å²) in [7, 11) is 0. The van der Waals surface area contributed by atoms with Gasteiger partial charge in [-0.15, -0.1) is 0 Å². The number of fused-ring (bicyclic) bond motifs is 1. The van der Waals surface area contributed by atoms with E-state index in [4.69, 9.17) is 0 Å². The third-order valence-electron chi connectivity index (χ3n) is 6.99. The number of aliphatic hydroxyl groups is 1. The molecular formula is C27H29N3O2. The number of nitrogens with zero attached hydrogens (tertiary/aromatic N) is 3. The third-order valence-corrected chi connectivity index (χ3v) is 6.99. The van der Waals surface area contributed by atoms with Crippen molar-refractivity contribution in [1.29, 1.82) is 0 Å². The van der Waals surface area contributed by atoms with Gasteiger partial charge in [-0.1, -0.05) is 54.6 Å². The van der Waals surface area contributed by atoms with Crippen LogP contribution in [0.25, 0.3) is 11.1 Å². The molecule has 1 aromatic heterocycles. The molecule has 2 aliphatic rings. The summed E-state index contributed by atoms with van der Waals surface area (Å²) in [6.07, 6.45) is 5.36. The van der Waals surface area contributed by atoms with Gasteiger partial charge in [0.25, 0.3) is 5.91 Å². The fourth-order valence-electron chi connectivity index (χ4n) is 5.33. The Hall–Kier alpha value is -3.02. The molecule has 5 rings (SSSR count). The number of aliphatic hydroxyl groups excluding tert-OH is 1. The highest BCUT2D eigenvalue weighted by Crippen LogP contribution is 2.42. The first-order valence-electron chi connectivity index (χ1n) is 11.5. The Morgan fingerprint density at radius 3 is 2.31 bits per heavy atom. The molecule has 0 saturated carbocycles. The average Bonchev–Trinajstić information content (AvgIpc) is 2.84. The van der Waals surface area contributed by atoms with Crippen molar-refractivity contribution in [3.8, 4) is 11.1 Å². The summed E-state index contributed by atoms with van der Waals surface area (Å²) >= 11 is 0. The lowest BCUT2D eigenvalue weighted by molar-refractivity contribution is -0.0606. The second kappa shape index (κ2) is 9.23. The third kappa shape index (κ3) is 3.94. The van der Waals surface area contributed by atoms with Gasteiger partial charge in [0.05, 0.1) is 6.61 Å². The Balaban J connectivity index is 1.39. The minimum atomic E-state index is 0.0693. The lowest BCUT2D eigenvalue weighted by Gasteiger charge is -2.57. The molecule has 3 atom stereocenters. The number of benzene rings is 2. The fraction of sp³-hybridized carbons (Fsp3) is 0.333. The summed E-state index contributed by atoms with van der Waals surface area (Å²) in [5, 5.41) is 10.2. The Bertz CT molecular complexity index is 1040. The molecule has 0 radical (unpaired) electrons. The van der Waals surface area contributed by atoms with Crippen LogP contribution in [0.5, 0.6) is 0 Å². The van der Waals surface area contributed by atoms with E-state index in [1.165, 1.54) is 16.7 Å². The maximum atomic E-state index is 13.2. The summed E-state index contributed by atoms with van der Waals surface area (Å²) in [5.74, 6) is 0.288. The first-order chi connectivity index (χ1) is 15.8. The first-order valence-corrected chi connectivity index (χ1v) is 11.5. The van der Waals surface area contributed by atoms with Gasteiger partial charge < -0.3 is 10.0 Å². The summed E-state index contributed by atoms with van der Waals surface area (Å²) in [5.41, 5.74) is 4.32. The lowest BCUT2D eigenvalue weighted by atomic mass is 9.74. The molecule has 32 heavy (non-hydrogen) atoms. The van der Waals surface area contributed by atoms with Crippen molar-refractivity contribution in [3.63, 3.8) is 0 Å². The van der Waals surface area contributed by atoms with E-state index in [1.54, 1.807) is 24.5 Å². The highest BCUT2D eigenvalue weighted by atomic mass is 16.3. The highest BCUT2D eigenvalue weighted by molar-refractivity contribution is 5.94. The molecule has 1 amide bonds. The predicted molar refractivity (Wildman–Crippen MR) is 125 cm³/mol. The highest BCUT2D eigenvalue weighted by Gasteiger charge is 2.49. The van der Waals surface area contributed by atoms with Crippen LogP contribution in [0, 0.1) is 0 Å². The van der Waals surface area contributed by atoms with Crippen LogP contribution in [0.1, 0.15) is 34.7 Å². The topological polar surface area (TPSA) is 56.7 Å². The molecule has 0 aliphatic carbocycles. The Labute approximate surface area is 189 Å². The number of pyridine rings is 1. The molecule has 2 fully saturated rings. The van der Waals surface area contributed by atoms with E-state index in [-0.39, 0.29) is 30.5 Å². The predicted octanol–water partition coefficient (Wildman–Crippen LogP) is 3.81. The van der Waals surface area contributed by atoms with E-state index in [0.717, 1.165) is 25.9 Å². The van der Waals surface area contributed by atoms with Crippen LogP contribution >= 0.6 is 0 Å². The average molecular weight is 428 g/mol. The zero-order chi connectivity index (χ0) is 21.9. The van der Waals surface area contributed by atoms with E-state index >= 15 is 0 Å². The Morgan fingerprint density at radius 2 is 1.59 bits per heavy atom. The van der Waals surface area contributed by atoms with Crippen LogP contribution < -0.4 is 0 Å². The van der Waals surface area contributed by atoms with Crippen molar-refractivity contribution in [2.24, 2.45) is 0 Å². The smallest absolute Gasteiger partial charge is 0.254 e. The standard InChI is InChI=1S/C27H29N3O2/c31-19-25-26(22-10-8-21(9-11-22)20-6-2-1-3-7-20)24-18-29(16-4-5-17-30(24)25)27(32)23-12-14-28-15-13-23/h1-3,6-15,24-26,31H,4-5,16-19H2/t24-,25-,26+/m0/s1. The van der Waals surface area contributed by atoms with Crippen molar-refractivity contribution in [1.82, 2.24) is 14.8 Å². The van der Waals surface area contributed by atoms with Crippen molar-refractivity contribution in [3.05, 3.63) is 90.3 Å². The van der Waals surface area contributed by atoms with Crippen LogP contribution in [0.15, 0.2) is 79.1 Å². The second-order valence-corrected chi connectivity index (χ2v) is 8.76. The van der Waals surface area contributed by atoms with Gasteiger partial charge in [-0.3, -0.25) is 14.7 Å². The normalized spacial score (nSPS) is 23.5. The van der Waals surface area contributed by atoms with E-state index in [2.05, 4.69) is 58.4 Å². The van der Waals surface area contributed by atoms with Crippen LogP contribution in [0.2, 0.25) is 0 Å². The maximum absolute atomic E-state index is 13.2. The van der Waals surface area contributed by atoms with Crippen LogP contribution in [0.4, 0.5) is 0 Å². The van der Waals surface area contributed by atoms with Crippen LogP contribution in [-0.2, 0) is 0 Å². The SMILES string of the molecule is O=C(c1ccncc1)N1CCCCN2[C@@H](CO)[C@H](c3ccc(-c4ccccc4)cc3)[C@@H]2C1. The molecule has 0 unspecified atom stereocenters. The summed E-state index contributed by atoms with van der Waals surface area (Å²) < 4.78 is 0. The van der Waals surface area contributed by atoms with Crippen LogP contribution in [-0.4, -0.2) is 64.1 Å². The number of carbonyl (C=O) groups excluding carboxylic acids is 1. The number of hydrogen-bond donors (Lipinski definition) is 1. The molecule has 2 saturated heterocycles. The zero-order valence-electron chi connectivity index (χ0n) is 18.2. The molecule has 1 N–H and O–H groups in total. The van der Waals surface area contributed by atoms with Gasteiger partial charge in [-0.2, -0.15) is 0 Å². The molecule has 164 valence electrons. The number of hydrogen-bond acceptors (Lipinski definition) is 4. The van der Waals surface area contributed by atoms with Gasteiger partial charge in [-0.25, -0.2) is 0 Å². The Morgan fingerprint density at radius 1 is 0.906 bits per heavy atom. The molecule has 2 aliphatic heterocycles. The summed E-state index contributed by atoms with van der Waals surface area (Å²) in [6.45, 7) is 2.57. The van der Waals surface area contributed by atoms with Gasteiger partial charge in [0.2, 0.25) is 0 Å².